The Morgan fingerprint density at radius 3 is 2.55 bits per heavy atom. The zero-order valence-electron chi connectivity index (χ0n) is 6.01. The second-order valence-corrected chi connectivity index (χ2v) is 4.89. The summed E-state index contributed by atoms with van der Waals surface area (Å²) >= 11 is 0. The molecule has 1 rings (SSSR count). The van der Waals surface area contributed by atoms with Gasteiger partial charge in [-0.2, -0.15) is 0 Å². The molecule has 11 heavy (non-hydrogen) atoms. The summed E-state index contributed by atoms with van der Waals surface area (Å²) in [5.41, 5.74) is 10.2. The van der Waals surface area contributed by atoms with E-state index in [1.807, 2.05) is 0 Å². The first-order chi connectivity index (χ1) is 4.99. The topological polar surface area (TPSA) is 105 Å². The van der Waals surface area contributed by atoms with Crippen molar-refractivity contribution in [3.63, 3.8) is 0 Å². The summed E-state index contributed by atoms with van der Waals surface area (Å²) in [6.07, 6.45) is 1.02. The second kappa shape index (κ2) is 2.85. The summed E-state index contributed by atoms with van der Waals surface area (Å²) in [6.45, 7) is 0. The molecule has 0 fully saturated rings. The average molecular weight is 177 g/mol. The minimum Gasteiger partial charge on any atom is -0.370 e. The van der Waals surface area contributed by atoms with Crippen molar-refractivity contribution in [2.45, 2.75) is 12.5 Å². The van der Waals surface area contributed by atoms with Gasteiger partial charge in [0.2, 0.25) is 0 Å². The minimum atomic E-state index is -2.75. The number of aliphatic imine (C=N–C) groups is 1. The molecule has 6 heteroatoms. The van der Waals surface area contributed by atoms with E-state index in [1.165, 1.54) is 5.80 Å². The summed E-state index contributed by atoms with van der Waals surface area (Å²) in [4.78, 5) is 22.1. The number of rotatable bonds is 1. The number of nitrogens with two attached hydrogens (primary N) is 2. The lowest BCUT2D eigenvalue weighted by Gasteiger charge is -2.01. The molecule has 0 amide bonds. The summed E-state index contributed by atoms with van der Waals surface area (Å²) in [7, 11) is -2.75. The Labute approximate surface area is 64.9 Å². The summed E-state index contributed by atoms with van der Waals surface area (Å²) in [5, 5.41) is 0. The van der Waals surface area contributed by atoms with Gasteiger partial charge in [0, 0.05) is 6.16 Å². The van der Waals surface area contributed by atoms with Crippen molar-refractivity contribution >= 4 is 19.1 Å². The zero-order valence-corrected chi connectivity index (χ0v) is 6.91. The Hall–Kier alpha value is -0.510. The Bertz CT molecular complexity index is 228. The first-order valence-electron chi connectivity index (χ1n) is 3.28. The van der Waals surface area contributed by atoms with E-state index >= 15 is 0 Å². The summed E-state index contributed by atoms with van der Waals surface area (Å²) in [6, 6.07) is -0.205. The predicted molar refractivity (Wildman–Crippen MR) is 46.5 cm³/mol. The van der Waals surface area contributed by atoms with Crippen molar-refractivity contribution < 1.29 is 9.79 Å². The van der Waals surface area contributed by atoms with Gasteiger partial charge in [-0.05, 0) is 12.2 Å². The Kier molecular flexibility index (Phi) is 2.23. The molecule has 0 bridgehead atoms. The van der Waals surface area contributed by atoms with Crippen LogP contribution in [0.1, 0.15) is 6.42 Å². The molecule has 0 aromatic carbocycles. The van der Waals surface area contributed by atoms with Crippen LogP contribution < -0.4 is 11.5 Å². The fourth-order valence-electron chi connectivity index (χ4n) is 1.04. The van der Waals surface area contributed by atoms with E-state index in [9.17, 15) is 0 Å². The molecule has 64 valence electrons. The van der Waals surface area contributed by atoms with Gasteiger partial charge in [-0.15, -0.1) is 0 Å². The van der Waals surface area contributed by atoms with Gasteiger partial charge in [0.15, 0.2) is 5.96 Å². The van der Waals surface area contributed by atoms with Gasteiger partial charge in [0.05, 0.1) is 6.04 Å². The quantitative estimate of drug-likeness (QED) is 0.226. The SMILES string of the molecule is NC(N)=NC1C=P(O)(O)CC1. The fourth-order valence-corrected chi connectivity index (χ4v) is 2.60. The smallest absolute Gasteiger partial charge is 0.186 e. The standard InChI is InChI=1S/C5H12N3O2P/c6-5(7)8-4-1-2-11(9,10)3-4/h3-4,9-10H,1-2H2,(H4,6,7,8). The van der Waals surface area contributed by atoms with Crippen molar-refractivity contribution in [1.82, 2.24) is 0 Å². The second-order valence-electron chi connectivity index (χ2n) is 2.57. The third-order valence-corrected chi connectivity index (χ3v) is 3.22. The fraction of sp³-hybridized carbons (Fsp3) is 0.600. The van der Waals surface area contributed by atoms with Crippen LogP contribution in [0.5, 0.6) is 0 Å². The van der Waals surface area contributed by atoms with E-state index in [4.69, 9.17) is 21.3 Å². The van der Waals surface area contributed by atoms with Gasteiger partial charge >= 0.3 is 0 Å². The highest BCUT2D eigenvalue weighted by Gasteiger charge is 2.22. The van der Waals surface area contributed by atoms with E-state index in [-0.39, 0.29) is 12.0 Å². The van der Waals surface area contributed by atoms with E-state index in [1.54, 1.807) is 0 Å². The third-order valence-electron chi connectivity index (χ3n) is 1.48. The van der Waals surface area contributed by atoms with E-state index in [0.717, 1.165) is 0 Å². The van der Waals surface area contributed by atoms with E-state index < -0.39 is 7.34 Å². The van der Waals surface area contributed by atoms with E-state index in [2.05, 4.69) is 4.99 Å². The van der Waals surface area contributed by atoms with Gasteiger partial charge in [0.1, 0.15) is 7.34 Å². The third kappa shape index (κ3) is 2.54. The van der Waals surface area contributed by atoms with Gasteiger partial charge in [-0.1, -0.05) is 0 Å². The molecular weight excluding hydrogens is 165 g/mol. The Morgan fingerprint density at radius 2 is 2.18 bits per heavy atom. The molecule has 0 aliphatic carbocycles. The Morgan fingerprint density at radius 1 is 1.55 bits per heavy atom. The number of nitrogens with zero attached hydrogens (tertiary/aromatic N) is 1. The largest absolute Gasteiger partial charge is 0.370 e. The minimum absolute atomic E-state index is 0.00634. The van der Waals surface area contributed by atoms with E-state index in [0.29, 0.717) is 12.6 Å². The van der Waals surface area contributed by atoms with Crippen LogP contribution in [-0.2, 0) is 0 Å². The zero-order chi connectivity index (χ0) is 8.48. The van der Waals surface area contributed by atoms with Gasteiger partial charge in [0.25, 0.3) is 0 Å². The molecule has 0 spiro atoms. The lowest BCUT2D eigenvalue weighted by molar-refractivity contribution is 0.478. The summed E-state index contributed by atoms with van der Waals surface area (Å²) in [5.74, 6) is 1.43. The van der Waals surface area contributed by atoms with Crippen LogP contribution in [-0.4, -0.2) is 33.7 Å². The highest BCUT2D eigenvalue weighted by atomic mass is 31.2. The molecule has 1 unspecified atom stereocenters. The van der Waals surface area contributed by atoms with Crippen molar-refractivity contribution in [1.29, 1.82) is 0 Å². The monoisotopic (exact) mass is 177 g/mol. The maximum atomic E-state index is 9.14. The molecular formula is C5H12N3O2P. The molecule has 0 aromatic heterocycles. The molecule has 0 saturated heterocycles. The van der Waals surface area contributed by atoms with Crippen molar-refractivity contribution in [3.8, 4) is 0 Å². The Balaban J connectivity index is 2.68. The number of guanidine groups is 1. The van der Waals surface area contributed by atoms with Crippen LogP contribution in [0, 0.1) is 0 Å². The molecule has 1 atom stereocenters. The highest BCUT2D eigenvalue weighted by molar-refractivity contribution is 7.64. The predicted octanol–water partition coefficient (Wildman–Crippen LogP) is -1.33. The molecule has 0 saturated carbocycles. The lowest BCUT2D eigenvalue weighted by atomic mass is 10.3. The first kappa shape index (κ1) is 8.59. The summed E-state index contributed by atoms with van der Waals surface area (Å²) < 4.78 is 0. The van der Waals surface area contributed by atoms with Gasteiger partial charge < -0.3 is 21.3 Å². The maximum Gasteiger partial charge on any atom is 0.186 e. The maximum absolute atomic E-state index is 9.14. The molecule has 0 aromatic rings. The molecule has 1 heterocycles. The van der Waals surface area contributed by atoms with Crippen LogP contribution in [0.15, 0.2) is 4.99 Å². The molecule has 1 aliphatic rings. The molecule has 1 aliphatic heterocycles. The molecule has 6 N–H and O–H groups in total. The number of hydrogen-bond donors (Lipinski definition) is 4. The highest BCUT2D eigenvalue weighted by Crippen LogP contribution is 2.42. The first-order valence-corrected chi connectivity index (χ1v) is 5.22. The lowest BCUT2D eigenvalue weighted by Crippen LogP contribution is -2.25. The van der Waals surface area contributed by atoms with Crippen LogP contribution in [0.2, 0.25) is 0 Å². The van der Waals surface area contributed by atoms with Gasteiger partial charge in [-0.25, -0.2) is 4.99 Å². The van der Waals surface area contributed by atoms with Crippen LogP contribution >= 0.6 is 7.34 Å². The van der Waals surface area contributed by atoms with Gasteiger partial charge in [-0.3, -0.25) is 0 Å². The van der Waals surface area contributed by atoms with Crippen molar-refractivity contribution in [2.75, 3.05) is 6.16 Å². The van der Waals surface area contributed by atoms with Crippen LogP contribution in [0.3, 0.4) is 0 Å². The van der Waals surface area contributed by atoms with Crippen molar-refractivity contribution in [3.05, 3.63) is 0 Å². The van der Waals surface area contributed by atoms with Crippen LogP contribution in [0.4, 0.5) is 0 Å². The molecule has 0 radical (unpaired) electrons. The van der Waals surface area contributed by atoms with Crippen molar-refractivity contribution in [2.24, 2.45) is 16.5 Å². The van der Waals surface area contributed by atoms with Crippen LogP contribution in [0.25, 0.3) is 0 Å². The normalized spacial score (nSPS) is 27.6. The molecule has 5 nitrogen and oxygen atoms in total. The average Bonchev–Trinajstić information content (AvgIpc) is 2.08. The number of hydrogen-bond acceptors (Lipinski definition) is 3.